The second kappa shape index (κ2) is 9.47. The average Bonchev–Trinajstić information content (AvgIpc) is 3.23. The van der Waals surface area contributed by atoms with Gasteiger partial charge in [-0.25, -0.2) is 9.59 Å². The molecule has 5 rings (SSSR count). The van der Waals surface area contributed by atoms with Crippen molar-refractivity contribution in [3.8, 4) is 22.3 Å². The number of amides is 1. The standard InChI is InChI=1S/C30H25NO4/c1-35-30(34)31(28-25-13-7-5-11-23(25)24-12-6-8-14-26(24)28)27(29(32)33)19-20-15-17-22(18-16-20)21-9-3-2-4-10-21/h2-18,27-28H,19H2,1H3,(H,32,33)/t27-/m0/s1. The van der Waals surface area contributed by atoms with E-state index in [1.165, 1.54) is 12.0 Å². The molecular weight excluding hydrogens is 438 g/mol. The second-order valence-corrected chi connectivity index (χ2v) is 8.58. The van der Waals surface area contributed by atoms with Crippen LogP contribution in [0.25, 0.3) is 22.3 Å². The maximum absolute atomic E-state index is 13.1. The molecule has 0 fully saturated rings. The van der Waals surface area contributed by atoms with Crippen LogP contribution in [0.4, 0.5) is 4.79 Å². The van der Waals surface area contributed by atoms with Crippen LogP contribution < -0.4 is 0 Å². The van der Waals surface area contributed by atoms with Gasteiger partial charge in [0.25, 0.3) is 0 Å². The van der Waals surface area contributed by atoms with Gasteiger partial charge in [0, 0.05) is 6.42 Å². The summed E-state index contributed by atoms with van der Waals surface area (Å²) in [6.07, 6.45) is -0.518. The maximum atomic E-state index is 13.1. The van der Waals surface area contributed by atoms with Crippen LogP contribution in [0.5, 0.6) is 0 Å². The van der Waals surface area contributed by atoms with Crippen molar-refractivity contribution in [3.63, 3.8) is 0 Å². The number of carbonyl (C=O) groups excluding carboxylic acids is 1. The number of rotatable bonds is 6. The minimum Gasteiger partial charge on any atom is -0.480 e. The molecule has 1 amide bonds. The smallest absolute Gasteiger partial charge is 0.411 e. The number of carbonyl (C=O) groups is 2. The fraction of sp³-hybridized carbons (Fsp3) is 0.133. The van der Waals surface area contributed by atoms with E-state index in [1.807, 2.05) is 103 Å². The number of ether oxygens (including phenoxy) is 1. The third-order valence-electron chi connectivity index (χ3n) is 6.58. The van der Waals surface area contributed by atoms with Crippen LogP contribution in [0, 0.1) is 0 Å². The van der Waals surface area contributed by atoms with Gasteiger partial charge in [-0.15, -0.1) is 0 Å². The van der Waals surface area contributed by atoms with Crippen LogP contribution in [0.3, 0.4) is 0 Å². The number of hydrogen-bond acceptors (Lipinski definition) is 3. The van der Waals surface area contributed by atoms with Gasteiger partial charge >= 0.3 is 12.1 Å². The lowest BCUT2D eigenvalue weighted by Gasteiger charge is -2.34. The Hall–Kier alpha value is -4.38. The van der Waals surface area contributed by atoms with Crippen molar-refractivity contribution < 1.29 is 19.4 Å². The van der Waals surface area contributed by atoms with Gasteiger partial charge in [0.2, 0.25) is 0 Å². The number of carboxylic acids is 1. The molecule has 0 aromatic heterocycles. The highest BCUT2D eigenvalue weighted by molar-refractivity contribution is 5.85. The molecule has 1 aliphatic carbocycles. The zero-order valence-corrected chi connectivity index (χ0v) is 19.3. The molecule has 1 aliphatic rings. The van der Waals surface area contributed by atoms with E-state index in [0.29, 0.717) is 0 Å². The number of hydrogen-bond donors (Lipinski definition) is 1. The second-order valence-electron chi connectivity index (χ2n) is 8.58. The van der Waals surface area contributed by atoms with E-state index < -0.39 is 24.1 Å². The fourth-order valence-electron chi connectivity index (χ4n) is 4.94. The first-order valence-electron chi connectivity index (χ1n) is 11.5. The fourth-order valence-corrected chi connectivity index (χ4v) is 4.94. The molecule has 0 aliphatic heterocycles. The van der Waals surface area contributed by atoms with Crippen LogP contribution >= 0.6 is 0 Å². The summed E-state index contributed by atoms with van der Waals surface area (Å²) in [6.45, 7) is 0. The molecule has 174 valence electrons. The Labute approximate surface area is 204 Å². The van der Waals surface area contributed by atoms with E-state index in [2.05, 4.69) is 0 Å². The zero-order chi connectivity index (χ0) is 24.4. The summed E-state index contributed by atoms with van der Waals surface area (Å²) in [5.41, 5.74) is 6.74. The number of nitrogens with zero attached hydrogens (tertiary/aromatic N) is 1. The lowest BCUT2D eigenvalue weighted by atomic mass is 9.97. The van der Waals surface area contributed by atoms with Gasteiger partial charge in [0.15, 0.2) is 0 Å². The van der Waals surface area contributed by atoms with E-state index in [9.17, 15) is 14.7 Å². The number of aliphatic carboxylic acids is 1. The Morgan fingerprint density at radius 3 is 1.83 bits per heavy atom. The van der Waals surface area contributed by atoms with E-state index in [-0.39, 0.29) is 6.42 Å². The third kappa shape index (κ3) is 4.17. The summed E-state index contributed by atoms with van der Waals surface area (Å²) in [4.78, 5) is 27.1. The molecule has 4 aromatic carbocycles. The Bertz CT molecular complexity index is 1320. The molecule has 0 saturated carbocycles. The van der Waals surface area contributed by atoms with Gasteiger partial charge in [-0.2, -0.15) is 0 Å². The summed E-state index contributed by atoms with van der Waals surface area (Å²) in [5.74, 6) is -1.08. The first-order valence-corrected chi connectivity index (χ1v) is 11.5. The molecule has 0 bridgehead atoms. The summed E-state index contributed by atoms with van der Waals surface area (Å²) in [6, 6.07) is 31.7. The summed E-state index contributed by atoms with van der Waals surface area (Å²) in [7, 11) is 1.29. The Kier molecular flexibility index (Phi) is 6.06. The highest BCUT2D eigenvalue weighted by atomic mass is 16.5. The van der Waals surface area contributed by atoms with Crippen LogP contribution in [0.2, 0.25) is 0 Å². The number of methoxy groups -OCH3 is 1. The monoisotopic (exact) mass is 463 g/mol. The van der Waals surface area contributed by atoms with Crippen molar-refractivity contribution in [1.82, 2.24) is 4.90 Å². The molecule has 1 atom stereocenters. The number of benzene rings is 4. The first kappa shape index (κ1) is 22.4. The Balaban J connectivity index is 1.53. The van der Waals surface area contributed by atoms with Crippen molar-refractivity contribution >= 4 is 12.1 Å². The van der Waals surface area contributed by atoms with Crippen molar-refractivity contribution in [2.45, 2.75) is 18.5 Å². The third-order valence-corrected chi connectivity index (χ3v) is 6.58. The predicted molar refractivity (Wildman–Crippen MR) is 135 cm³/mol. The van der Waals surface area contributed by atoms with Crippen LogP contribution in [0.1, 0.15) is 22.7 Å². The number of carboxylic acid groups (broad SMARTS) is 1. The van der Waals surface area contributed by atoms with E-state index in [4.69, 9.17) is 4.74 Å². The van der Waals surface area contributed by atoms with Gasteiger partial charge in [-0.3, -0.25) is 4.90 Å². The molecule has 4 aromatic rings. The van der Waals surface area contributed by atoms with Gasteiger partial charge < -0.3 is 9.84 Å². The topological polar surface area (TPSA) is 66.8 Å². The van der Waals surface area contributed by atoms with E-state index in [0.717, 1.165) is 38.9 Å². The van der Waals surface area contributed by atoms with Crippen LogP contribution in [-0.4, -0.2) is 35.2 Å². The Morgan fingerprint density at radius 2 is 1.29 bits per heavy atom. The van der Waals surface area contributed by atoms with Gasteiger partial charge in [0.05, 0.1) is 13.2 Å². The minimum absolute atomic E-state index is 0.153. The van der Waals surface area contributed by atoms with Crippen molar-refractivity contribution in [1.29, 1.82) is 0 Å². The molecule has 0 radical (unpaired) electrons. The highest BCUT2D eigenvalue weighted by Crippen LogP contribution is 2.47. The molecule has 1 N–H and O–H groups in total. The maximum Gasteiger partial charge on any atom is 0.411 e. The average molecular weight is 464 g/mol. The van der Waals surface area contributed by atoms with Crippen molar-refractivity contribution in [2.24, 2.45) is 0 Å². The van der Waals surface area contributed by atoms with Crippen LogP contribution in [0.15, 0.2) is 103 Å². The molecule has 5 heteroatoms. The summed E-state index contributed by atoms with van der Waals surface area (Å²) >= 11 is 0. The van der Waals surface area contributed by atoms with Gasteiger partial charge in [-0.1, -0.05) is 103 Å². The first-order chi connectivity index (χ1) is 17.1. The largest absolute Gasteiger partial charge is 0.480 e. The predicted octanol–water partition coefficient (Wildman–Crippen LogP) is 6.19. The number of fused-ring (bicyclic) bond motifs is 3. The lowest BCUT2D eigenvalue weighted by Crippen LogP contribution is -2.48. The zero-order valence-electron chi connectivity index (χ0n) is 19.3. The molecule has 0 saturated heterocycles. The normalized spacial score (nSPS) is 12.9. The molecule has 0 heterocycles. The minimum atomic E-state index is -1.12. The Morgan fingerprint density at radius 1 is 0.771 bits per heavy atom. The summed E-state index contributed by atoms with van der Waals surface area (Å²) < 4.78 is 5.12. The van der Waals surface area contributed by atoms with Crippen LogP contribution in [-0.2, 0) is 16.0 Å². The van der Waals surface area contributed by atoms with Gasteiger partial charge in [0.1, 0.15) is 6.04 Å². The highest BCUT2D eigenvalue weighted by Gasteiger charge is 2.42. The van der Waals surface area contributed by atoms with Crippen molar-refractivity contribution in [3.05, 3.63) is 120 Å². The molecule has 5 nitrogen and oxygen atoms in total. The molecule has 0 spiro atoms. The quantitative estimate of drug-likeness (QED) is 0.370. The molecular formula is C30H25NO4. The van der Waals surface area contributed by atoms with E-state index >= 15 is 0 Å². The molecule has 35 heavy (non-hydrogen) atoms. The summed E-state index contributed by atoms with van der Waals surface area (Å²) in [5, 5.41) is 10.3. The SMILES string of the molecule is COC(=O)N(C1c2ccccc2-c2ccccc21)[C@@H](Cc1ccc(-c2ccccc2)cc1)C(=O)O. The van der Waals surface area contributed by atoms with Gasteiger partial charge in [-0.05, 0) is 38.9 Å². The van der Waals surface area contributed by atoms with E-state index in [1.54, 1.807) is 0 Å². The molecule has 0 unspecified atom stereocenters. The van der Waals surface area contributed by atoms with Crippen molar-refractivity contribution in [2.75, 3.05) is 7.11 Å². The lowest BCUT2D eigenvalue weighted by molar-refractivity contribution is -0.143.